The zero-order chi connectivity index (χ0) is 21.6. The number of fused-ring (bicyclic) bond motifs is 2. The van der Waals surface area contributed by atoms with Crippen molar-refractivity contribution in [1.29, 1.82) is 0 Å². The maximum atomic E-state index is 13.3. The van der Waals surface area contributed by atoms with Crippen LogP contribution in [0.1, 0.15) is 20.9 Å². The lowest BCUT2D eigenvalue weighted by atomic mass is 10.2. The number of sulfonamides is 1. The fraction of sp³-hybridized carbons (Fsp3) is 0.130. The minimum Gasteiger partial charge on any atom is -0.322 e. The summed E-state index contributed by atoms with van der Waals surface area (Å²) in [5, 5.41) is 3.81. The summed E-state index contributed by atoms with van der Waals surface area (Å²) < 4.78 is 28.9. The summed E-state index contributed by atoms with van der Waals surface area (Å²) in [5.74, 6) is -0.362. The van der Waals surface area contributed by atoms with E-state index < -0.39 is 10.0 Å². The lowest BCUT2D eigenvalue weighted by molar-refractivity contribution is 0.102. The second-order valence-electron chi connectivity index (χ2n) is 7.35. The summed E-state index contributed by atoms with van der Waals surface area (Å²) in [5.41, 5.74) is 3.52. The minimum atomic E-state index is -3.76. The number of hydrogen-bond donors (Lipinski definition) is 1. The molecule has 0 fully saturated rings. The quantitative estimate of drug-likeness (QED) is 0.494. The van der Waals surface area contributed by atoms with Crippen molar-refractivity contribution >= 4 is 48.9 Å². The third kappa shape index (κ3) is 3.58. The Kier molecular flexibility index (Phi) is 4.75. The van der Waals surface area contributed by atoms with Crippen molar-refractivity contribution in [2.45, 2.75) is 18.2 Å². The van der Waals surface area contributed by atoms with E-state index in [4.69, 9.17) is 0 Å². The molecule has 1 aromatic heterocycles. The van der Waals surface area contributed by atoms with E-state index in [2.05, 4.69) is 10.3 Å². The molecule has 0 saturated carbocycles. The predicted molar refractivity (Wildman–Crippen MR) is 123 cm³/mol. The molecule has 8 heteroatoms. The second-order valence-corrected chi connectivity index (χ2v) is 10.5. The Morgan fingerprint density at radius 3 is 2.77 bits per heavy atom. The van der Waals surface area contributed by atoms with Crippen LogP contribution in [-0.2, 0) is 16.4 Å². The van der Waals surface area contributed by atoms with Crippen LogP contribution in [0.2, 0.25) is 0 Å². The van der Waals surface area contributed by atoms with E-state index in [0.29, 0.717) is 24.3 Å². The smallest absolute Gasteiger partial charge is 0.264 e. The van der Waals surface area contributed by atoms with Gasteiger partial charge >= 0.3 is 0 Å². The van der Waals surface area contributed by atoms with E-state index in [1.54, 1.807) is 29.5 Å². The number of para-hydroxylation sites is 1. The maximum Gasteiger partial charge on any atom is 0.264 e. The van der Waals surface area contributed by atoms with Gasteiger partial charge in [-0.05, 0) is 61.4 Å². The van der Waals surface area contributed by atoms with Gasteiger partial charge in [-0.25, -0.2) is 13.4 Å². The molecule has 1 N–H and O–H groups in total. The fourth-order valence-electron chi connectivity index (χ4n) is 3.80. The monoisotopic (exact) mass is 449 g/mol. The molecule has 1 amide bonds. The van der Waals surface area contributed by atoms with E-state index in [1.165, 1.54) is 16.4 Å². The third-order valence-electron chi connectivity index (χ3n) is 5.28. The number of carbonyl (C=O) groups excluding carboxylic acids is 1. The van der Waals surface area contributed by atoms with Gasteiger partial charge in [-0.2, -0.15) is 0 Å². The summed E-state index contributed by atoms with van der Waals surface area (Å²) >= 11 is 1.56. The van der Waals surface area contributed by atoms with E-state index >= 15 is 0 Å². The molecule has 1 aliphatic heterocycles. The molecule has 0 saturated heterocycles. The lowest BCUT2D eigenvalue weighted by Crippen LogP contribution is -2.29. The number of thiazole rings is 1. The number of hydrogen-bond acceptors (Lipinski definition) is 5. The summed E-state index contributed by atoms with van der Waals surface area (Å²) in [6.07, 6.45) is 0.676. The van der Waals surface area contributed by atoms with Gasteiger partial charge in [0, 0.05) is 17.8 Å². The van der Waals surface area contributed by atoms with Gasteiger partial charge in [0.1, 0.15) is 0 Å². The maximum absolute atomic E-state index is 13.3. The van der Waals surface area contributed by atoms with Crippen LogP contribution >= 0.6 is 11.3 Å². The molecule has 0 unspecified atom stereocenters. The summed E-state index contributed by atoms with van der Waals surface area (Å²) in [6, 6.07) is 19.2. The average molecular weight is 450 g/mol. The Morgan fingerprint density at radius 2 is 1.90 bits per heavy atom. The lowest BCUT2D eigenvalue weighted by Gasteiger charge is -2.20. The van der Waals surface area contributed by atoms with E-state index in [0.717, 1.165) is 20.8 Å². The number of benzene rings is 3. The Morgan fingerprint density at radius 1 is 1.06 bits per heavy atom. The number of amides is 1. The highest BCUT2D eigenvalue weighted by molar-refractivity contribution is 7.92. The number of aromatic nitrogens is 1. The number of nitrogens with one attached hydrogen (secondary N) is 1. The largest absolute Gasteiger partial charge is 0.322 e. The number of carbonyl (C=O) groups is 1. The molecule has 2 heterocycles. The molecular weight excluding hydrogens is 430 g/mol. The molecule has 0 spiro atoms. The Balaban J connectivity index is 1.42. The summed E-state index contributed by atoms with van der Waals surface area (Å²) in [7, 11) is -3.76. The van der Waals surface area contributed by atoms with E-state index in [9.17, 15) is 13.2 Å². The van der Waals surface area contributed by atoms with Gasteiger partial charge in [0.25, 0.3) is 15.9 Å². The molecule has 0 bridgehead atoms. The number of anilines is 2. The van der Waals surface area contributed by atoms with Crippen LogP contribution in [0.15, 0.2) is 71.6 Å². The second kappa shape index (κ2) is 7.47. The molecule has 31 heavy (non-hydrogen) atoms. The number of aryl methyl sites for hydroxylation is 1. The van der Waals surface area contributed by atoms with Gasteiger partial charge < -0.3 is 5.32 Å². The Bertz CT molecular complexity index is 1430. The highest BCUT2D eigenvalue weighted by atomic mass is 32.2. The number of nitrogens with zero attached hydrogens (tertiary/aromatic N) is 2. The zero-order valence-electron chi connectivity index (χ0n) is 16.7. The first-order valence-electron chi connectivity index (χ1n) is 9.81. The van der Waals surface area contributed by atoms with Gasteiger partial charge in [-0.1, -0.05) is 24.3 Å². The molecule has 0 aliphatic carbocycles. The highest BCUT2D eigenvalue weighted by Crippen LogP contribution is 2.33. The fourth-order valence-corrected chi connectivity index (χ4v) is 6.22. The topological polar surface area (TPSA) is 79.4 Å². The van der Waals surface area contributed by atoms with Crippen LogP contribution in [0.4, 0.5) is 11.4 Å². The number of rotatable bonds is 4. The molecule has 0 atom stereocenters. The van der Waals surface area contributed by atoms with Crippen molar-refractivity contribution in [3.05, 3.63) is 82.9 Å². The third-order valence-corrected chi connectivity index (χ3v) is 8.02. The van der Waals surface area contributed by atoms with Crippen LogP contribution in [0.3, 0.4) is 0 Å². The van der Waals surface area contributed by atoms with Crippen LogP contribution in [0, 0.1) is 6.92 Å². The van der Waals surface area contributed by atoms with Gasteiger partial charge in [0.2, 0.25) is 0 Å². The van der Waals surface area contributed by atoms with Crippen LogP contribution < -0.4 is 9.62 Å². The van der Waals surface area contributed by atoms with Gasteiger partial charge in [-0.15, -0.1) is 11.3 Å². The van der Waals surface area contributed by atoms with Gasteiger partial charge in [0.15, 0.2) is 0 Å². The van der Waals surface area contributed by atoms with Crippen LogP contribution in [-0.4, -0.2) is 25.9 Å². The van der Waals surface area contributed by atoms with Crippen molar-refractivity contribution in [2.75, 3.05) is 16.2 Å². The van der Waals surface area contributed by atoms with Gasteiger partial charge in [-0.3, -0.25) is 9.10 Å². The molecule has 4 aromatic rings. The summed E-state index contributed by atoms with van der Waals surface area (Å²) in [6.45, 7) is 2.33. The molecule has 156 valence electrons. The molecule has 0 radical (unpaired) electrons. The van der Waals surface area contributed by atoms with Crippen molar-refractivity contribution in [3.8, 4) is 0 Å². The first-order valence-corrected chi connectivity index (χ1v) is 12.1. The normalized spacial score (nSPS) is 13.4. The van der Waals surface area contributed by atoms with E-state index in [-0.39, 0.29) is 16.4 Å². The Labute approximate surface area is 184 Å². The van der Waals surface area contributed by atoms with Crippen molar-refractivity contribution in [1.82, 2.24) is 4.98 Å². The zero-order valence-corrected chi connectivity index (χ0v) is 18.3. The molecular formula is C23H19N3O3S2. The Hall–Kier alpha value is -3.23. The van der Waals surface area contributed by atoms with Crippen molar-refractivity contribution in [3.63, 3.8) is 0 Å². The average Bonchev–Trinajstić information content (AvgIpc) is 3.36. The standard InChI is InChI=1S/C23H19N3O3S2/c1-15-24-20-10-9-18(14-22(20)30-15)25-23(27)17-6-4-7-19(13-17)31(28,29)26-12-11-16-5-2-3-8-21(16)26/h2-10,13-14H,11-12H2,1H3,(H,25,27). The van der Waals surface area contributed by atoms with Crippen molar-refractivity contribution < 1.29 is 13.2 Å². The van der Waals surface area contributed by atoms with Crippen molar-refractivity contribution in [2.24, 2.45) is 0 Å². The van der Waals surface area contributed by atoms with Gasteiger partial charge in [0.05, 0.1) is 25.8 Å². The molecule has 5 rings (SSSR count). The SMILES string of the molecule is Cc1nc2ccc(NC(=O)c3cccc(S(=O)(=O)N4CCc5ccccc54)c3)cc2s1. The first kappa shape index (κ1) is 19.7. The van der Waals surface area contributed by atoms with Crippen LogP contribution in [0.5, 0.6) is 0 Å². The predicted octanol–water partition coefficient (Wildman–Crippen LogP) is 4.61. The van der Waals surface area contributed by atoms with Crippen LogP contribution in [0.25, 0.3) is 10.2 Å². The molecule has 1 aliphatic rings. The minimum absolute atomic E-state index is 0.102. The highest BCUT2D eigenvalue weighted by Gasteiger charge is 2.30. The summed E-state index contributed by atoms with van der Waals surface area (Å²) in [4.78, 5) is 17.3. The molecule has 3 aromatic carbocycles. The van der Waals surface area contributed by atoms with E-state index in [1.807, 2.05) is 43.3 Å². The first-order chi connectivity index (χ1) is 14.9. The molecule has 6 nitrogen and oxygen atoms in total.